The Labute approximate surface area is 84.1 Å². The zero-order valence-corrected chi connectivity index (χ0v) is 8.13. The number of para-hydroxylation sites is 1. The van der Waals surface area contributed by atoms with E-state index in [1.807, 2.05) is 18.2 Å². The summed E-state index contributed by atoms with van der Waals surface area (Å²) >= 11 is 0. The van der Waals surface area contributed by atoms with Crippen LogP contribution < -0.4 is 10.6 Å². The van der Waals surface area contributed by atoms with Gasteiger partial charge in [-0.25, -0.2) is 0 Å². The summed E-state index contributed by atoms with van der Waals surface area (Å²) in [6, 6.07) is 10.5. The number of benzene rings is 1. The molecule has 0 unspecified atom stereocenters. The lowest BCUT2D eigenvalue weighted by molar-refractivity contribution is 0.265. The van der Waals surface area contributed by atoms with Crippen molar-refractivity contribution in [2.45, 2.75) is 18.5 Å². The van der Waals surface area contributed by atoms with E-state index in [0.717, 1.165) is 18.7 Å². The van der Waals surface area contributed by atoms with E-state index in [4.69, 9.17) is 5.73 Å². The fourth-order valence-electron chi connectivity index (χ4n) is 2.06. The Morgan fingerprint density at radius 2 is 2.07 bits per heavy atom. The van der Waals surface area contributed by atoms with Crippen LogP contribution in [-0.2, 0) is 0 Å². The largest absolute Gasteiger partial charge is 0.394 e. The van der Waals surface area contributed by atoms with E-state index in [-0.39, 0.29) is 18.7 Å². The van der Waals surface area contributed by atoms with Crippen LogP contribution >= 0.6 is 0 Å². The van der Waals surface area contributed by atoms with Crippen molar-refractivity contribution in [3.05, 3.63) is 30.3 Å². The van der Waals surface area contributed by atoms with Gasteiger partial charge in [0.1, 0.15) is 0 Å². The minimum Gasteiger partial charge on any atom is -0.394 e. The van der Waals surface area contributed by atoms with E-state index in [2.05, 4.69) is 17.0 Å². The quantitative estimate of drug-likeness (QED) is 0.721. The summed E-state index contributed by atoms with van der Waals surface area (Å²) in [5, 5.41) is 9.22. The van der Waals surface area contributed by atoms with Crippen LogP contribution in [0.3, 0.4) is 0 Å². The predicted molar refractivity (Wildman–Crippen MR) is 57.3 cm³/mol. The van der Waals surface area contributed by atoms with Gasteiger partial charge in [-0.05, 0) is 18.6 Å². The molecule has 0 aromatic heterocycles. The van der Waals surface area contributed by atoms with Gasteiger partial charge in [0.2, 0.25) is 0 Å². The number of nitrogens with two attached hydrogens (primary N) is 1. The van der Waals surface area contributed by atoms with Crippen molar-refractivity contribution < 1.29 is 5.11 Å². The average molecular weight is 192 g/mol. The molecule has 14 heavy (non-hydrogen) atoms. The van der Waals surface area contributed by atoms with Crippen molar-refractivity contribution in [1.29, 1.82) is 0 Å². The average Bonchev–Trinajstić information content (AvgIpc) is 2.61. The third-order valence-corrected chi connectivity index (χ3v) is 2.75. The summed E-state index contributed by atoms with van der Waals surface area (Å²) < 4.78 is 0. The Bertz CT molecular complexity index is 289. The molecular formula is C11H16N2O. The molecule has 0 amide bonds. The monoisotopic (exact) mass is 192 g/mol. The van der Waals surface area contributed by atoms with E-state index in [0.29, 0.717) is 0 Å². The minimum absolute atomic E-state index is 0.183. The van der Waals surface area contributed by atoms with Crippen molar-refractivity contribution >= 4 is 5.69 Å². The van der Waals surface area contributed by atoms with Crippen molar-refractivity contribution in [2.24, 2.45) is 5.73 Å². The highest BCUT2D eigenvalue weighted by molar-refractivity contribution is 5.48. The third-order valence-electron chi connectivity index (χ3n) is 2.75. The SMILES string of the molecule is N[C@H]1C[C@@H](CO)N(c2ccccc2)C1. The van der Waals surface area contributed by atoms with Crippen molar-refractivity contribution in [2.75, 3.05) is 18.1 Å². The summed E-state index contributed by atoms with van der Waals surface area (Å²) in [5.74, 6) is 0. The molecule has 0 radical (unpaired) electrons. The van der Waals surface area contributed by atoms with Gasteiger partial charge in [-0.15, -0.1) is 0 Å². The molecule has 76 valence electrons. The molecule has 0 bridgehead atoms. The molecule has 2 atom stereocenters. The summed E-state index contributed by atoms with van der Waals surface area (Å²) in [6.07, 6.45) is 0.880. The second-order valence-corrected chi connectivity index (χ2v) is 3.82. The first-order chi connectivity index (χ1) is 6.81. The zero-order chi connectivity index (χ0) is 9.97. The molecule has 1 aliphatic rings. The molecule has 1 fully saturated rings. The summed E-state index contributed by atoms with van der Waals surface area (Å²) in [4.78, 5) is 2.19. The maximum Gasteiger partial charge on any atom is 0.0635 e. The Morgan fingerprint density at radius 1 is 1.36 bits per heavy atom. The van der Waals surface area contributed by atoms with Gasteiger partial charge in [-0.3, -0.25) is 0 Å². The molecule has 3 N–H and O–H groups in total. The van der Waals surface area contributed by atoms with Gasteiger partial charge in [-0.1, -0.05) is 18.2 Å². The summed E-state index contributed by atoms with van der Waals surface area (Å²) in [7, 11) is 0. The number of hydrogen-bond acceptors (Lipinski definition) is 3. The lowest BCUT2D eigenvalue weighted by Gasteiger charge is -2.24. The van der Waals surface area contributed by atoms with Crippen LogP contribution in [0.1, 0.15) is 6.42 Å². The van der Waals surface area contributed by atoms with Crippen LogP contribution in [0.4, 0.5) is 5.69 Å². The first-order valence-corrected chi connectivity index (χ1v) is 4.99. The van der Waals surface area contributed by atoms with Crippen LogP contribution in [0.2, 0.25) is 0 Å². The molecule has 3 nitrogen and oxygen atoms in total. The molecule has 0 aliphatic carbocycles. The molecular weight excluding hydrogens is 176 g/mol. The van der Waals surface area contributed by atoms with E-state index in [1.165, 1.54) is 0 Å². The second-order valence-electron chi connectivity index (χ2n) is 3.82. The van der Waals surface area contributed by atoms with Gasteiger partial charge < -0.3 is 15.7 Å². The van der Waals surface area contributed by atoms with Gasteiger partial charge in [-0.2, -0.15) is 0 Å². The predicted octanol–water partition coefficient (Wildman–Crippen LogP) is 0.585. The lowest BCUT2D eigenvalue weighted by atomic mass is 10.2. The summed E-state index contributed by atoms with van der Waals surface area (Å²) in [5.41, 5.74) is 7.03. The maximum absolute atomic E-state index is 9.22. The van der Waals surface area contributed by atoms with Crippen LogP contribution in [0.5, 0.6) is 0 Å². The molecule has 1 aromatic rings. The number of nitrogens with zero attached hydrogens (tertiary/aromatic N) is 1. The Kier molecular flexibility index (Phi) is 2.70. The molecule has 3 heteroatoms. The highest BCUT2D eigenvalue weighted by Gasteiger charge is 2.29. The smallest absolute Gasteiger partial charge is 0.0635 e. The lowest BCUT2D eigenvalue weighted by Crippen LogP contribution is -2.32. The normalized spacial score (nSPS) is 26.9. The number of aliphatic hydroxyl groups is 1. The van der Waals surface area contributed by atoms with Crippen molar-refractivity contribution in [1.82, 2.24) is 0 Å². The maximum atomic E-state index is 9.22. The molecule has 1 saturated heterocycles. The minimum atomic E-state index is 0.183. The molecule has 1 heterocycles. The Hall–Kier alpha value is -1.06. The summed E-state index contributed by atoms with van der Waals surface area (Å²) in [6.45, 7) is 1.03. The van der Waals surface area contributed by atoms with Crippen LogP contribution in [0.25, 0.3) is 0 Å². The van der Waals surface area contributed by atoms with Crippen LogP contribution in [-0.4, -0.2) is 30.3 Å². The standard InChI is InChI=1S/C11H16N2O/c12-9-6-11(8-14)13(7-9)10-4-2-1-3-5-10/h1-5,9,11,14H,6-8,12H2/t9-,11-/m0/s1. The number of hydrogen-bond donors (Lipinski definition) is 2. The van der Waals surface area contributed by atoms with Crippen LogP contribution in [0, 0.1) is 0 Å². The highest BCUT2D eigenvalue weighted by Crippen LogP contribution is 2.24. The number of aliphatic hydroxyl groups excluding tert-OH is 1. The van der Waals surface area contributed by atoms with Gasteiger partial charge in [0, 0.05) is 18.3 Å². The Balaban J connectivity index is 2.18. The first-order valence-electron chi connectivity index (χ1n) is 4.99. The van der Waals surface area contributed by atoms with Gasteiger partial charge in [0.05, 0.1) is 12.6 Å². The van der Waals surface area contributed by atoms with Crippen molar-refractivity contribution in [3.63, 3.8) is 0 Å². The fourth-order valence-corrected chi connectivity index (χ4v) is 2.06. The fraction of sp³-hybridized carbons (Fsp3) is 0.455. The number of anilines is 1. The van der Waals surface area contributed by atoms with Gasteiger partial charge >= 0.3 is 0 Å². The molecule has 1 aliphatic heterocycles. The highest BCUT2D eigenvalue weighted by atomic mass is 16.3. The van der Waals surface area contributed by atoms with Gasteiger partial charge in [0.25, 0.3) is 0 Å². The first kappa shape index (κ1) is 9.49. The molecule has 0 saturated carbocycles. The van der Waals surface area contributed by atoms with E-state index in [9.17, 15) is 5.11 Å². The third kappa shape index (κ3) is 1.74. The van der Waals surface area contributed by atoms with Crippen molar-refractivity contribution in [3.8, 4) is 0 Å². The topological polar surface area (TPSA) is 49.5 Å². The van der Waals surface area contributed by atoms with Crippen LogP contribution in [0.15, 0.2) is 30.3 Å². The van der Waals surface area contributed by atoms with E-state index >= 15 is 0 Å². The number of rotatable bonds is 2. The molecule has 1 aromatic carbocycles. The van der Waals surface area contributed by atoms with E-state index in [1.54, 1.807) is 0 Å². The zero-order valence-electron chi connectivity index (χ0n) is 8.13. The van der Waals surface area contributed by atoms with Gasteiger partial charge in [0.15, 0.2) is 0 Å². The Morgan fingerprint density at radius 3 is 2.71 bits per heavy atom. The molecule has 0 spiro atoms. The molecule has 2 rings (SSSR count). The van der Waals surface area contributed by atoms with E-state index < -0.39 is 0 Å². The second kappa shape index (κ2) is 3.98.